The summed E-state index contributed by atoms with van der Waals surface area (Å²) >= 11 is 0. The van der Waals surface area contributed by atoms with Crippen LogP contribution >= 0.6 is 0 Å². The minimum Gasteiger partial charge on any atom is -0.504 e. The van der Waals surface area contributed by atoms with E-state index in [1.54, 1.807) is 6.07 Å². The summed E-state index contributed by atoms with van der Waals surface area (Å²) in [7, 11) is 0. The largest absolute Gasteiger partial charge is 0.504 e. The van der Waals surface area contributed by atoms with Gasteiger partial charge in [-0.15, -0.1) is 0 Å². The summed E-state index contributed by atoms with van der Waals surface area (Å²) in [6.45, 7) is 0.804. The average molecular weight is 625 g/mol. The normalized spacial score (nSPS) is 32.5. The molecule has 0 bridgehead atoms. The summed E-state index contributed by atoms with van der Waals surface area (Å²) in [6.07, 6.45) is -12.5. The molecule has 2 saturated heterocycles. The van der Waals surface area contributed by atoms with Crippen LogP contribution in [0.4, 0.5) is 0 Å². The number of aliphatic hydroxyl groups is 5. The third kappa shape index (κ3) is 7.95. The molecule has 0 radical (unpaired) electrons. The van der Waals surface area contributed by atoms with Crippen LogP contribution in [0.25, 0.3) is 6.08 Å². The molecule has 2 aromatic rings. The van der Waals surface area contributed by atoms with Crippen LogP contribution in [-0.2, 0) is 34.9 Å². The van der Waals surface area contributed by atoms with E-state index in [2.05, 4.69) is 0 Å². The molecular weight excluding hydrogens is 588 g/mol. The number of ether oxygens (including phenoxy) is 5. The van der Waals surface area contributed by atoms with Crippen LogP contribution in [0.5, 0.6) is 23.0 Å². The maximum absolute atomic E-state index is 12.4. The van der Waals surface area contributed by atoms with E-state index in [0.29, 0.717) is 11.1 Å². The van der Waals surface area contributed by atoms with Crippen molar-refractivity contribution < 1.29 is 74.4 Å². The fourth-order valence-corrected chi connectivity index (χ4v) is 4.66. The molecule has 2 heterocycles. The molecule has 15 nitrogen and oxygen atoms in total. The van der Waals surface area contributed by atoms with E-state index < -0.39 is 74.0 Å². The van der Waals surface area contributed by atoms with Gasteiger partial charge in [-0.3, -0.25) is 0 Å². The van der Waals surface area contributed by atoms with Crippen molar-refractivity contribution >= 4 is 12.0 Å². The van der Waals surface area contributed by atoms with Crippen molar-refractivity contribution in [2.24, 2.45) is 0 Å². The molecule has 15 heteroatoms. The Hall–Kier alpha value is -3.51. The van der Waals surface area contributed by atoms with E-state index in [4.69, 9.17) is 23.7 Å². The van der Waals surface area contributed by atoms with Gasteiger partial charge in [0.25, 0.3) is 0 Å². The highest BCUT2D eigenvalue weighted by atomic mass is 16.7. The van der Waals surface area contributed by atoms with Crippen molar-refractivity contribution in [1.29, 1.82) is 0 Å². The van der Waals surface area contributed by atoms with Gasteiger partial charge in [-0.1, -0.05) is 12.1 Å². The number of rotatable bonds is 10. The zero-order valence-electron chi connectivity index (χ0n) is 23.5. The summed E-state index contributed by atoms with van der Waals surface area (Å²) in [5, 5.41) is 90.8. The number of phenolic OH excluding ortho intramolecular Hbond substituents is 4. The lowest BCUT2D eigenvalue weighted by Crippen LogP contribution is -2.64. The molecule has 0 amide bonds. The lowest BCUT2D eigenvalue weighted by atomic mass is 9.97. The van der Waals surface area contributed by atoms with Gasteiger partial charge in [0.05, 0.1) is 12.7 Å². The second-order valence-electron chi connectivity index (χ2n) is 10.5. The summed E-state index contributed by atoms with van der Waals surface area (Å²) in [5.41, 5.74) is 0.962. The van der Waals surface area contributed by atoms with E-state index in [9.17, 15) is 50.8 Å². The lowest BCUT2D eigenvalue weighted by molar-refractivity contribution is -0.357. The Balaban J connectivity index is 1.44. The number of aromatic hydroxyl groups is 4. The maximum atomic E-state index is 12.4. The fraction of sp³-hybridized carbons (Fsp3) is 0.483. The van der Waals surface area contributed by atoms with Gasteiger partial charge in [-0.2, -0.15) is 0 Å². The zero-order chi connectivity index (χ0) is 32.1. The molecular formula is C29H36O15. The molecule has 0 aliphatic carbocycles. The standard InChI is InChI=1S/C29H36O15/c1-13-22(35)24(37)25(38)29(42-13)44-27-23(36)20(12-41-21(34)7-4-14-2-5-16(30)18(32)10-14)43-28(26(27)39)40-9-8-15-3-6-17(31)19(33)11-15/h2-7,10-11,13,20,22-33,35-39H,8-9,12H2,1H3/t13-,20-,22+,23-,24-,25-,26-,27-,28-,29+/m1/s1. The van der Waals surface area contributed by atoms with Crippen LogP contribution in [0.1, 0.15) is 18.1 Å². The molecule has 0 spiro atoms. The quantitative estimate of drug-likeness (QED) is 0.0873. The van der Waals surface area contributed by atoms with Gasteiger partial charge < -0.3 is 69.6 Å². The molecule has 2 aliphatic heterocycles. The van der Waals surface area contributed by atoms with Crippen LogP contribution in [0.3, 0.4) is 0 Å². The number of aliphatic hydroxyl groups excluding tert-OH is 5. The van der Waals surface area contributed by atoms with Crippen molar-refractivity contribution in [3.05, 3.63) is 53.6 Å². The summed E-state index contributed by atoms with van der Waals surface area (Å²) < 4.78 is 27.7. The molecule has 10 atom stereocenters. The first kappa shape index (κ1) is 33.4. The number of carbonyl (C=O) groups is 1. The van der Waals surface area contributed by atoms with E-state index in [-0.39, 0.29) is 36.0 Å². The predicted octanol–water partition coefficient (Wildman–Crippen LogP) is -1.02. The number of hydrogen-bond acceptors (Lipinski definition) is 15. The topological polar surface area (TPSA) is 245 Å². The van der Waals surface area contributed by atoms with Gasteiger partial charge in [-0.25, -0.2) is 4.79 Å². The van der Waals surface area contributed by atoms with E-state index >= 15 is 0 Å². The Morgan fingerprint density at radius 1 is 0.795 bits per heavy atom. The molecule has 242 valence electrons. The Bertz CT molecular complexity index is 1300. The highest BCUT2D eigenvalue weighted by Crippen LogP contribution is 2.31. The predicted molar refractivity (Wildman–Crippen MR) is 147 cm³/mol. The van der Waals surface area contributed by atoms with Crippen LogP contribution in [-0.4, -0.2) is 127 Å². The Kier molecular flexibility index (Phi) is 11.0. The molecule has 2 aliphatic rings. The smallest absolute Gasteiger partial charge is 0.330 e. The van der Waals surface area contributed by atoms with Crippen molar-refractivity contribution in [2.45, 2.75) is 74.8 Å². The average Bonchev–Trinajstić information content (AvgIpc) is 2.99. The number of esters is 1. The molecule has 44 heavy (non-hydrogen) atoms. The van der Waals surface area contributed by atoms with Gasteiger partial charge in [0, 0.05) is 6.08 Å². The number of hydrogen-bond donors (Lipinski definition) is 9. The number of carbonyl (C=O) groups excluding carboxylic acids is 1. The number of phenols is 4. The molecule has 2 fully saturated rings. The SMILES string of the molecule is C[C@H]1O[C@@H](O[C@H]2[C@@H](O)[C@H](OCCc3ccc(O)c(O)c3)O[C@H](COC(=O)C=Cc3ccc(O)c(O)c3)[C@H]2O)[C@H](O)[C@H](O)[C@H]1O. The summed E-state index contributed by atoms with van der Waals surface area (Å²) in [6, 6.07) is 8.05. The minimum absolute atomic E-state index is 0.0754. The molecule has 0 aromatic heterocycles. The fourth-order valence-electron chi connectivity index (χ4n) is 4.66. The zero-order valence-corrected chi connectivity index (χ0v) is 23.5. The highest BCUT2D eigenvalue weighted by Gasteiger charge is 2.50. The van der Waals surface area contributed by atoms with E-state index in [0.717, 1.165) is 6.08 Å². The van der Waals surface area contributed by atoms with Crippen LogP contribution in [0.15, 0.2) is 42.5 Å². The first-order chi connectivity index (χ1) is 20.8. The maximum Gasteiger partial charge on any atom is 0.330 e. The molecule has 4 rings (SSSR count). The van der Waals surface area contributed by atoms with Crippen LogP contribution in [0.2, 0.25) is 0 Å². The summed E-state index contributed by atoms with van der Waals surface area (Å²) in [5.74, 6) is -2.23. The van der Waals surface area contributed by atoms with Gasteiger partial charge in [0.15, 0.2) is 35.6 Å². The Labute approximate surface area is 251 Å². The second-order valence-corrected chi connectivity index (χ2v) is 10.5. The third-order valence-electron chi connectivity index (χ3n) is 7.26. The van der Waals surface area contributed by atoms with Crippen LogP contribution in [0, 0.1) is 0 Å². The molecule has 0 saturated carbocycles. The minimum atomic E-state index is -1.74. The molecule has 2 aromatic carbocycles. The first-order valence-corrected chi connectivity index (χ1v) is 13.7. The van der Waals surface area contributed by atoms with Crippen LogP contribution < -0.4 is 0 Å². The Morgan fingerprint density at radius 3 is 2.16 bits per heavy atom. The van der Waals surface area contributed by atoms with Gasteiger partial charge in [0.2, 0.25) is 0 Å². The monoisotopic (exact) mass is 624 g/mol. The summed E-state index contributed by atoms with van der Waals surface area (Å²) in [4.78, 5) is 12.4. The van der Waals surface area contributed by atoms with Gasteiger partial charge in [-0.05, 0) is 54.8 Å². The van der Waals surface area contributed by atoms with E-state index in [1.165, 1.54) is 43.3 Å². The Morgan fingerprint density at radius 2 is 1.48 bits per heavy atom. The third-order valence-corrected chi connectivity index (χ3v) is 7.26. The molecule has 9 N–H and O–H groups in total. The second kappa shape index (κ2) is 14.5. The lowest BCUT2D eigenvalue weighted by Gasteiger charge is -2.45. The van der Waals surface area contributed by atoms with Crippen molar-refractivity contribution in [1.82, 2.24) is 0 Å². The van der Waals surface area contributed by atoms with Crippen molar-refractivity contribution in [2.75, 3.05) is 13.2 Å². The van der Waals surface area contributed by atoms with Gasteiger partial charge >= 0.3 is 5.97 Å². The van der Waals surface area contributed by atoms with Crippen molar-refractivity contribution in [3.8, 4) is 23.0 Å². The highest BCUT2D eigenvalue weighted by molar-refractivity contribution is 5.87. The van der Waals surface area contributed by atoms with Gasteiger partial charge in [0.1, 0.15) is 49.3 Å². The number of benzene rings is 2. The van der Waals surface area contributed by atoms with Crippen molar-refractivity contribution in [3.63, 3.8) is 0 Å². The molecule has 0 unspecified atom stereocenters. The first-order valence-electron chi connectivity index (χ1n) is 13.7. The van der Waals surface area contributed by atoms with E-state index in [1.807, 2.05) is 0 Å².